The Bertz CT molecular complexity index is 1070. The van der Waals surface area contributed by atoms with E-state index in [-0.39, 0.29) is 12.1 Å². The molecule has 0 aliphatic carbocycles. The van der Waals surface area contributed by atoms with E-state index in [0.29, 0.717) is 28.2 Å². The number of halogens is 3. The predicted octanol–water partition coefficient (Wildman–Crippen LogP) is 4.99. The molecule has 1 aromatic heterocycles. The van der Waals surface area contributed by atoms with Gasteiger partial charge in [-0.3, -0.25) is 4.79 Å². The fraction of sp³-hybridized carbons (Fsp3) is 0.182. The first-order chi connectivity index (χ1) is 14.2. The maximum Gasteiger partial charge on any atom is 0.416 e. The number of hydrogen-bond donors (Lipinski definition) is 1. The average Bonchev–Trinajstić information content (AvgIpc) is 3.11. The van der Waals surface area contributed by atoms with Crippen LogP contribution in [0.25, 0.3) is 11.1 Å². The molecule has 5 nitrogen and oxygen atoms in total. The number of aryl methyl sites for hydroxylation is 1. The summed E-state index contributed by atoms with van der Waals surface area (Å²) in [6, 6.07) is 12.7. The van der Waals surface area contributed by atoms with Crippen LogP contribution in [-0.2, 0) is 17.5 Å². The summed E-state index contributed by atoms with van der Waals surface area (Å²) in [6.45, 7) is 1.63. The molecule has 0 fully saturated rings. The smallest absolute Gasteiger partial charge is 0.416 e. The van der Waals surface area contributed by atoms with E-state index >= 15 is 0 Å². The number of carbonyl (C=O) groups is 2. The average molecular weight is 417 g/mol. The van der Waals surface area contributed by atoms with Crippen molar-refractivity contribution in [2.75, 3.05) is 7.11 Å². The van der Waals surface area contributed by atoms with Crippen molar-refractivity contribution in [3.63, 3.8) is 0 Å². The Morgan fingerprint density at radius 1 is 1.03 bits per heavy atom. The van der Waals surface area contributed by atoms with E-state index in [1.807, 2.05) is 0 Å². The highest BCUT2D eigenvalue weighted by Crippen LogP contribution is 2.31. The van der Waals surface area contributed by atoms with Crippen LogP contribution in [0.4, 0.5) is 13.2 Å². The molecule has 2 aromatic carbocycles. The van der Waals surface area contributed by atoms with Crippen LogP contribution in [0.2, 0.25) is 0 Å². The highest BCUT2D eigenvalue weighted by atomic mass is 19.4. The molecule has 156 valence electrons. The summed E-state index contributed by atoms with van der Waals surface area (Å²) in [5.74, 6) is -0.231. The van der Waals surface area contributed by atoms with Gasteiger partial charge in [-0.1, -0.05) is 30.3 Å². The Morgan fingerprint density at radius 2 is 1.70 bits per heavy atom. The van der Waals surface area contributed by atoms with Crippen LogP contribution in [0.15, 0.2) is 59.0 Å². The molecule has 1 amide bonds. The number of rotatable bonds is 5. The van der Waals surface area contributed by atoms with Crippen molar-refractivity contribution in [1.29, 1.82) is 0 Å². The quantitative estimate of drug-likeness (QED) is 0.594. The molecule has 0 radical (unpaired) electrons. The minimum Gasteiger partial charge on any atom is -0.465 e. The van der Waals surface area contributed by atoms with Crippen molar-refractivity contribution >= 4 is 11.9 Å². The third-order valence-corrected chi connectivity index (χ3v) is 4.49. The summed E-state index contributed by atoms with van der Waals surface area (Å²) in [7, 11) is 1.26. The maximum atomic E-state index is 12.8. The van der Waals surface area contributed by atoms with Crippen molar-refractivity contribution in [3.8, 4) is 11.1 Å². The second-order valence-corrected chi connectivity index (χ2v) is 6.48. The molecule has 0 spiro atoms. The summed E-state index contributed by atoms with van der Waals surface area (Å²) in [6.07, 6.45) is -4.43. The van der Waals surface area contributed by atoms with Crippen molar-refractivity contribution in [2.24, 2.45) is 0 Å². The normalized spacial score (nSPS) is 11.2. The van der Waals surface area contributed by atoms with Gasteiger partial charge in [-0.2, -0.15) is 13.2 Å². The van der Waals surface area contributed by atoms with Crippen LogP contribution >= 0.6 is 0 Å². The van der Waals surface area contributed by atoms with Crippen molar-refractivity contribution in [2.45, 2.75) is 19.6 Å². The van der Waals surface area contributed by atoms with Gasteiger partial charge in [-0.15, -0.1) is 0 Å². The number of hydrogen-bond acceptors (Lipinski definition) is 4. The van der Waals surface area contributed by atoms with Crippen LogP contribution in [0.5, 0.6) is 0 Å². The molecular weight excluding hydrogens is 399 g/mol. The van der Waals surface area contributed by atoms with E-state index < -0.39 is 23.6 Å². The van der Waals surface area contributed by atoms with E-state index in [1.54, 1.807) is 31.2 Å². The van der Waals surface area contributed by atoms with Gasteiger partial charge in [0.15, 0.2) is 0 Å². The number of esters is 1. The third kappa shape index (κ3) is 4.53. The second kappa shape index (κ2) is 8.44. The molecule has 0 saturated carbocycles. The Labute approximate surface area is 170 Å². The topological polar surface area (TPSA) is 68.5 Å². The lowest BCUT2D eigenvalue weighted by Crippen LogP contribution is -2.23. The molecule has 8 heteroatoms. The third-order valence-electron chi connectivity index (χ3n) is 4.49. The number of amides is 1. The SMILES string of the molecule is COC(=O)c1cc(CNC(=O)c2ccccc2-c2ccc(C(F)(F)F)cc2)oc1C. The number of nitrogens with one attached hydrogen (secondary N) is 1. The molecule has 0 aliphatic heterocycles. The Balaban J connectivity index is 1.79. The number of methoxy groups -OCH3 is 1. The van der Waals surface area contributed by atoms with Gasteiger partial charge in [0.05, 0.1) is 19.2 Å². The van der Waals surface area contributed by atoms with Gasteiger partial charge in [-0.05, 0) is 42.3 Å². The van der Waals surface area contributed by atoms with Crippen LogP contribution in [0, 0.1) is 6.92 Å². The van der Waals surface area contributed by atoms with Crippen LogP contribution in [0.3, 0.4) is 0 Å². The Hall–Kier alpha value is -3.55. The van der Waals surface area contributed by atoms with Gasteiger partial charge in [-0.25, -0.2) is 4.79 Å². The summed E-state index contributed by atoms with van der Waals surface area (Å²) in [4.78, 5) is 24.4. The number of alkyl halides is 3. The highest BCUT2D eigenvalue weighted by Gasteiger charge is 2.30. The summed E-state index contributed by atoms with van der Waals surface area (Å²) in [5, 5.41) is 2.69. The molecule has 30 heavy (non-hydrogen) atoms. The van der Waals surface area contributed by atoms with Crippen LogP contribution < -0.4 is 5.32 Å². The van der Waals surface area contributed by atoms with Crippen molar-refractivity contribution in [3.05, 3.63) is 82.8 Å². The van der Waals surface area contributed by atoms with Gasteiger partial charge < -0.3 is 14.5 Å². The lowest BCUT2D eigenvalue weighted by Gasteiger charge is -2.11. The number of benzene rings is 2. The fourth-order valence-electron chi connectivity index (χ4n) is 2.98. The van der Waals surface area contributed by atoms with Crippen LogP contribution in [0.1, 0.15) is 37.8 Å². The van der Waals surface area contributed by atoms with Crippen LogP contribution in [-0.4, -0.2) is 19.0 Å². The van der Waals surface area contributed by atoms with Gasteiger partial charge in [0.25, 0.3) is 5.91 Å². The van der Waals surface area contributed by atoms with E-state index in [1.165, 1.54) is 25.3 Å². The first-order valence-electron chi connectivity index (χ1n) is 8.93. The fourth-order valence-corrected chi connectivity index (χ4v) is 2.98. The summed E-state index contributed by atoms with van der Waals surface area (Å²) < 4.78 is 48.5. The number of ether oxygens (including phenoxy) is 1. The molecule has 0 saturated heterocycles. The van der Waals surface area contributed by atoms with Gasteiger partial charge in [0, 0.05) is 5.56 Å². The van der Waals surface area contributed by atoms with Crippen molar-refractivity contribution < 1.29 is 31.9 Å². The largest absolute Gasteiger partial charge is 0.465 e. The minimum absolute atomic E-state index is 0.0258. The zero-order valence-corrected chi connectivity index (χ0v) is 16.2. The first kappa shape index (κ1) is 21.2. The molecule has 0 bridgehead atoms. The number of furan rings is 1. The van der Waals surface area contributed by atoms with Crippen molar-refractivity contribution in [1.82, 2.24) is 5.32 Å². The molecule has 0 aliphatic rings. The second-order valence-electron chi connectivity index (χ2n) is 6.48. The lowest BCUT2D eigenvalue weighted by molar-refractivity contribution is -0.137. The van der Waals surface area contributed by atoms with E-state index in [2.05, 4.69) is 10.1 Å². The van der Waals surface area contributed by atoms with E-state index in [4.69, 9.17) is 4.42 Å². The zero-order chi connectivity index (χ0) is 21.9. The van der Waals surface area contributed by atoms with Gasteiger partial charge in [0.1, 0.15) is 17.1 Å². The molecule has 3 rings (SSSR count). The molecule has 0 atom stereocenters. The van der Waals surface area contributed by atoms with Gasteiger partial charge >= 0.3 is 12.1 Å². The standard InChI is InChI=1S/C22H18F3NO4/c1-13-19(21(28)29-2)11-16(30-13)12-26-20(27)18-6-4-3-5-17(18)14-7-9-15(10-8-14)22(23,24)25/h3-11H,12H2,1-2H3,(H,26,27). The summed E-state index contributed by atoms with van der Waals surface area (Å²) in [5.41, 5.74) is 0.786. The minimum atomic E-state index is -4.43. The monoisotopic (exact) mass is 417 g/mol. The summed E-state index contributed by atoms with van der Waals surface area (Å²) >= 11 is 0. The molecule has 0 unspecified atom stereocenters. The highest BCUT2D eigenvalue weighted by molar-refractivity contribution is 6.00. The van der Waals surface area contributed by atoms with Gasteiger partial charge in [0.2, 0.25) is 0 Å². The number of carbonyl (C=O) groups excluding carboxylic acids is 2. The Morgan fingerprint density at radius 3 is 2.33 bits per heavy atom. The molecule has 1 heterocycles. The van der Waals surface area contributed by atoms with E-state index in [0.717, 1.165) is 12.1 Å². The predicted molar refractivity (Wildman–Crippen MR) is 103 cm³/mol. The Kier molecular flexibility index (Phi) is 5.96. The maximum absolute atomic E-state index is 12.8. The first-order valence-corrected chi connectivity index (χ1v) is 8.93. The molecule has 1 N–H and O–H groups in total. The molecule has 3 aromatic rings. The van der Waals surface area contributed by atoms with E-state index in [9.17, 15) is 22.8 Å². The molecular formula is C22H18F3NO4. The lowest BCUT2D eigenvalue weighted by atomic mass is 9.98. The zero-order valence-electron chi connectivity index (χ0n) is 16.2.